The van der Waals surface area contributed by atoms with Crippen LogP contribution in [0.25, 0.3) is 0 Å². The van der Waals surface area contributed by atoms with Crippen LogP contribution in [0.1, 0.15) is 34.6 Å². The Balaban J connectivity index is 3.29. The zero-order valence-electron chi connectivity index (χ0n) is 15.7. The van der Waals surface area contributed by atoms with Gasteiger partial charge in [0.2, 0.25) is 12.2 Å². The van der Waals surface area contributed by atoms with E-state index in [1.165, 1.54) is 6.92 Å². The molecule has 0 saturated carbocycles. The van der Waals surface area contributed by atoms with Gasteiger partial charge in [0.05, 0.1) is 0 Å². The first-order valence-corrected chi connectivity index (χ1v) is 8.08. The van der Waals surface area contributed by atoms with Crippen molar-refractivity contribution in [2.24, 2.45) is 0 Å². The Bertz CT molecular complexity index is 604. The molecule has 0 unspecified atom stereocenters. The van der Waals surface area contributed by atoms with Crippen LogP contribution in [-0.4, -0.2) is 67.0 Å². The van der Waals surface area contributed by atoms with Gasteiger partial charge in [-0.05, 0) is 0 Å². The van der Waals surface area contributed by atoms with Crippen LogP contribution in [0, 0.1) is 0 Å². The van der Waals surface area contributed by atoms with Crippen molar-refractivity contribution in [2.75, 3.05) is 6.61 Å². The fourth-order valence-corrected chi connectivity index (χ4v) is 2.55. The van der Waals surface area contributed by atoms with Crippen LogP contribution in [0.5, 0.6) is 0 Å². The van der Waals surface area contributed by atoms with Gasteiger partial charge < -0.3 is 29.0 Å². The molecule has 152 valence electrons. The first kappa shape index (κ1) is 22.4. The number of hydrogen-bond donors (Lipinski definition) is 1. The lowest BCUT2D eigenvalue weighted by Crippen LogP contribution is -2.66. The molecule has 1 saturated heterocycles. The fraction of sp³-hybridized carbons (Fsp3) is 0.688. The Hall–Kier alpha value is -2.69. The molecule has 1 aliphatic rings. The molecule has 11 nitrogen and oxygen atoms in total. The minimum atomic E-state index is -1.37. The summed E-state index contributed by atoms with van der Waals surface area (Å²) >= 11 is 0. The van der Waals surface area contributed by atoms with Crippen LogP contribution in [0.15, 0.2) is 0 Å². The molecule has 0 radical (unpaired) electrons. The zero-order chi connectivity index (χ0) is 20.7. The van der Waals surface area contributed by atoms with E-state index >= 15 is 0 Å². The molecule has 1 amide bonds. The summed E-state index contributed by atoms with van der Waals surface area (Å²) in [5.41, 5.74) is 0. The molecular formula is C16H23NO10. The van der Waals surface area contributed by atoms with E-state index in [-0.39, 0.29) is 6.61 Å². The van der Waals surface area contributed by atoms with E-state index in [0.717, 1.165) is 27.7 Å². The van der Waals surface area contributed by atoms with E-state index < -0.39 is 60.4 Å². The maximum Gasteiger partial charge on any atom is 0.305 e. The molecule has 0 aliphatic carbocycles. The average molecular weight is 389 g/mol. The quantitative estimate of drug-likeness (QED) is 0.453. The summed E-state index contributed by atoms with van der Waals surface area (Å²) in [6.45, 7) is 5.36. The summed E-state index contributed by atoms with van der Waals surface area (Å²) in [5.74, 6) is -3.34. The molecule has 1 heterocycles. The number of carbonyl (C=O) groups excluding carboxylic acids is 5. The van der Waals surface area contributed by atoms with Crippen LogP contribution in [0.2, 0.25) is 0 Å². The first-order chi connectivity index (χ1) is 12.5. The summed E-state index contributed by atoms with van der Waals surface area (Å²) in [6.07, 6.45) is -4.97. The molecule has 11 heteroatoms. The topological polar surface area (TPSA) is 144 Å². The Kier molecular flexibility index (Phi) is 8.16. The third-order valence-corrected chi connectivity index (χ3v) is 3.35. The van der Waals surface area contributed by atoms with Crippen molar-refractivity contribution < 1.29 is 47.7 Å². The van der Waals surface area contributed by atoms with Gasteiger partial charge in [-0.15, -0.1) is 0 Å². The second-order valence-electron chi connectivity index (χ2n) is 5.83. The molecule has 27 heavy (non-hydrogen) atoms. The molecule has 0 aromatic heterocycles. The number of carbonyl (C=O) groups is 5. The van der Waals surface area contributed by atoms with Crippen LogP contribution < -0.4 is 5.32 Å². The Labute approximate surface area is 155 Å². The van der Waals surface area contributed by atoms with E-state index in [1.54, 1.807) is 0 Å². The maximum atomic E-state index is 11.6. The molecule has 1 rings (SSSR count). The van der Waals surface area contributed by atoms with Gasteiger partial charge in [-0.3, -0.25) is 24.0 Å². The van der Waals surface area contributed by atoms with Crippen molar-refractivity contribution >= 4 is 29.8 Å². The number of ether oxygens (including phenoxy) is 5. The highest BCUT2D eigenvalue weighted by Crippen LogP contribution is 2.28. The minimum absolute atomic E-state index is 0.365. The van der Waals surface area contributed by atoms with Gasteiger partial charge in [0.1, 0.15) is 18.8 Å². The standard InChI is InChI=1S/C16H23NO10/c1-7(18)17-13-15(25-10(4)21)14(24-9(3)20)12(6-23-8(2)19)27-16(13)26-11(5)22/h12-16H,6H2,1-5H3,(H,17,18)/t12-,13+,14-,15-,16+/m1/s1. The molecule has 1 N–H and O–H groups in total. The fourth-order valence-electron chi connectivity index (χ4n) is 2.55. The average Bonchev–Trinajstić information content (AvgIpc) is 2.49. The van der Waals surface area contributed by atoms with E-state index in [4.69, 9.17) is 23.7 Å². The van der Waals surface area contributed by atoms with E-state index in [2.05, 4.69) is 5.32 Å². The molecule has 1 aliphatic heterocycles. The van der Waals surface area contributed by atoms with Gasteiger partial charge in [0.25, 0.3) is 0 Å². The Morgan fingerprint density at radius 3 is 1.74 bits per heavy atom. The van der Waals surface area contributed by atoms with Gasteiger partial charge in [-0.1, -0.05) is 0 Å². The lowest BCUT2D eigenvalue weighted by Gasteiger charge is -2.44. The molecule has 0 aromatic carbocycles. The molecule has 0 aromatic rings. The van der Waals surface area contributed by atoms with Gasteiger partial charge in [0, 0.05) is 34.6 Å². The van der Waals surface area contributed by atoms with Gasteiger partial charge in [-0.25, -0.2) is 0 Å². The summed E-state index contributed by atoms with van der Waals surface area (Å²) in [6, 6.07) is -1.16. The summed E-state index contributed by atoms with van der Waals surface area (Å²) in [7, 11) is 0. The van der Waals surface area contributed by atoms with Crippen molar-refractivity contribution in [1.82, 2.24) is 5.32 Å². The summed E-state index contributed by atoms with van der Waals surface area (Å²) < 4.78 is 25.9. The smallest absolute Gasteiger partial charge is 0.305 e. The third kappa shape index (κ3) is 7.21. The van der Waals surface area contributed by atoms with E-state index in [1.807, 2.05) is 0 Å². The molecule has 1 fully saturated rings. The molecule has 0 spiro atoms. The maximum absolute atomic E-state index is 11.6. The lowest BCUT2D eigenvalue weighted by molar-refractivity contribution is -0.270. The number of nitrogens with one attached hydrogen (secondary N) is 1. The molecule has 0 bridgehead atoms. The largest absolute Gasteiger partial charge is 0.463 e. The van der Waals surface area contributed by atoms with Gasteiger partial charge in [0.15, 0.2) is 12.2 Å². The van der Waals surface area contributed by atoms with Crippen LogP contribution in [0.4, 0.5) is 0 Å². The van der Waals surface area contributed by atoms with Crippen LogP contribution >= 0.6 is 0 Å². The van der Waals surface area contributed by atoms with Crippen molar-refractivity contribution in [3.8, 4) is 0 Å². The lowest BCUT2D eigenvalue weighted by atomic mass is 9.96. The van der Waals surface area contributed by atoms with Crippen molar-refractivity contribution in [3.05, 3.63) is 0 Å². The van der Waals surface area contributed by atoms with E-state index in [9.17, 15) is 24.0 Å². The number of rotatable bonds is 6. The zero-order valence-corrected chi connectivity index (χ0v) is 15.7. The predicted molar refractivity (Wildman–Crippen MR) is 85.8 cm³/mol. The monoisotopic (exact) mass is 389 g/mol. The number of amides is 1. The van der Waals surface area contributed by atoms with Crippen LogP contribution in [-0.2, 0) is 47.7 Å². The predicted octanol–water partition coefficient (Wildman–Crippen LogP) is -0.794. The molecule has 5 atom stereocenters. The van der Waals surface area contributed by atoms with Crippen LogP contribution in [0.3, 0.4) is 0 Å². The normalized spacial score (nSPS) is 27.1. The summed E-state index contributed by atoms with van der Waals surface area (Å²) in [5, 5.41) is 2.46. The number of esters is 4. The number of hydrogen-bond acceptors (Lipinski definition) is 10. The minimum Gasteiger partial charge on any atom is -0.463 e. The highest BCUT2D eigenvalue weighted by Gasteiger charge is 2.52. The highest BCUT2D eigenvalue weighted by molar-refractivity contribution is 5.74. The third-order valence-electron chi connectivity index (χ3n) is 3.35. The van der Waals surface area contributed by atoms with E-state index in [0.29, 0.717) is 0 Å². The summed E-state index contributed by atoms with van der Waals surface area (Å²) in [4.78, 5) is 57.2. The van der Waals surface area contributed by atoms with Crippen molar-refractivity contribution in [1.29, 1.82) is 0 Å². The van der Waals surface area contributed by atoms with Crippen molar-refractivity contribution in [2.45, 2.75) is 65.3 Å². The molecular weight excluding hydrogens is 366 g/mol. The van der Waals surface area contributed by atoms with Gasteiger partial charge >= 0.3 is 23.9 Å². The Morgan fingerprint density at radius 1 is 0.778 bits per heavy atom. The second-order valence-corrected chi connectivity index (χ2v) is 5.83. The second kappa shape index (κ2) is 9.86. The highest BCUT2D eigenvalue weighted by atomic mass is 16.7. The van der Waals surface area contributed by atoms with Crippen molar-refractivity contribution in [3.63, 3.8) is 0 Å². The van der Waals surface area contributed by atoms with Gasteiger partial charge in [-0.2, -0.15) is 0 Å². The first-order valence-electron chi connectivity index (χ1n) is 8.08. The SMILES string of the molecule is CC(=O)N[C@@H]1[C@@H](OC(C)=O)O[C@H](COC(C)=O)[C@@H](OC(C)=O)[C@@H]1OC(C)=O. The Morgan fingerprint density at radius 2 is 1.30 bits per heavy atom.